The maximum Gasteiger partial charge on any atom is 0.0975 e. The molecular formula is C26H29N. The maximum absolute atomic E-state index is 2.73. The molecule has 1 aliphatic heterocycles. The van der Waals surface area contributed by atoms with Gasteiger partial charge in [0, 0.05) is 0 Å². The Kier molecular flexibility index (Phi) is 5.40. The van der Waals surface area contributed by atoms with E-state index in [-0.39, 0.29) is 5.54 Å². The van der Waals surface area contributed by atoms with Crippen molar-refractivity contribution in [3.05, 3.63) is 107 Å². The molecule has 3 aromatic rings. The Morgan fingerprint density at radius 2 is 1.19 bits per heavy atom. The number of hydrogen-bond acceptors (Lipinski definition) is 1. The second-order valence-corrected chi connectivity index (χ2v) is 7.50. The van der Waals surface area contributed by atoms with Gasteiger partial charge in [0.15, 0.2) is 0 Å². The zero-order chi connectivity index (χ0) is 18.5. The Bertz CT molecular complexity index is 808. The van der Waals surface area contributed by atoms with Gasteiger partial charge in [-0.1, -0.05) is 98.3 Å². The normalized spacial score (nSPS) is 15.6. The number of benzene rings is 3. The number of hydrogen-bond donors (Lipinski definition) is 0. The van der Waals surface area contributed by atoms with Crippen LogP contribution < -0.4 is 0 Å². The Labute approximate surface area is 163 Å². The van der Waals surface area contributed by atoms with Gasteiger partial charge in [-0.3, -0.25) is 4.90 Å². The summed E-state index contributed by atoms with van der Waals surface area (Å²) in [5.74, 6) is 0. The molecule has 1 fully saturated rings. The summed E-state index contributed by atoms with van der Waals surface area (Å²) in [6.07, 6.45) is 4.93. The molecule has 0 bridgehead atoms. The fraction of sp³-hybridized carbons (Fsp3) is 0.308. The number of nitrogens with zero attached hydrogens (tertiary/aromatic N) is 1. The van der Waals surface area contributed by atoms with Crippen molar-refractivity contribution in [1.29, 1.82) is 0 Å². The van der Waals surface area contributed by atoms with Crippen molar-refractivity contribution in [1.82, 2.24) is 4.90 Å². The van der Waals surface area contributed by atoms with E-state index in [1.807, 2.05) is 0 Å². The summed E-state index contributed by atoms with van der Waals surface area (Å²) in [5.41, 5.74) is 5.40. The van der Waals surface area contributed by atoms with Crippen molar-refractivity contribution in [3.63, 3.8) is 0 Å². The molecule has 1 saturated heterocycles. The van der Waals surface area contributed by atoms with E-state index >= 15 is 0 Å². The van der Waals surface area contributed by atoms with Gasteiger partial charge in [-0.15, -0.1) is 0 Å². The monoisotopic (exact) mass is 355 g/mol. The lowest BCUT2D eigenvalue weighted by Gasteiger charge is -2.48. The van der Waals surface area contributed by atoms with Gasteiger partial charge in [0.1, 0.15) is 0 Å². The first kappa shape index (κ1) is 18.0. The van der Waals surface area contributed by atoms with Crippen molar-refractivity contribution < 1.29 is 0 Å². The molecule has 0 unspecified atom stereocenters. The smallest absolute Gasteiger partial charge is 0.0975 e. The molecule has 0 atom stereocenters. The summed E-state index contributed by atoms with van der Waals surface area (Å²) >= 11 is 0. The maximum atomic E-state index is 2.73. The third kappa shape index (κ3) is 3.21. The summed E-state index contributed by atoms with van der Waals surface area (Å²) in [5, 5.41) is 0. The van der Waals surface area contributed by atoms with Crippen molar-refractivity contribution in [2.24, 2.45) is 0 Å². The minimum atomic E-state index is -0.227. The highest BCUT2D eigenvalue weighted by Crippen LogP contribution is 2.44. The van der Waals surface area contributed by atoms with Gasteiger partial charge in [-0.2, -0.15) is 0 Å². The van der Waals surface area contributed by atoms with E-state index in [1.54, 1.807) is 0 Å². The van der Waals surface area contributed by atoms with Crippen LogP contribution in [0.1, 0.15) is 48.4 Å². The van der Waals surface area contributed by atoms with Crippen LogP contribution in [0.15, 0.2) is 84.9 Å². The lowest BCUT2D eigenvalue weighted by atomic mass is 9.73. The summed E-state index contributed by atoms with van der Waals surface area (Å²) in [6, 6.07) is 31.3. The zero-order valence-electron chi connectivity index (χ0n) is 16.3. The number of piperidine rings is 1. The van der Waals surface area contributed by atoms with E-state index in [2.05, 4.69) is 96.8 Å². The Balaban J connectivity index is 2.06. The van der Waals surface area contributed by atoms with Crippen molar-refractivity contribution in [2.45, 2.75) is 38.1 Å². The van der Waals surface area contributed by atoms with Crippen LogP contribution in [0.2, 0.25) is 0 Å². The first-order valence-electron chi connectivity index (χ1n) is 10.3. The summed E-state index contributed by atoms with van der Waals surface area (Å²) in [7, 11) is 0. The lowest BCUT2D eigenvalue weighted by molar-refractivity contribution is 0.127. The molecule has 0 amide bonds. The second kappa shape index (κ2) is 8.10. The molecule has 1 heterocycles. The average Bonchev–Trinajstić information content (AvgIpc) is 2.77. The van der Waals surface area contributed by atoms with Crippen molar-refractivity contribution in [2.75, 3.05) is 13.1 Å². The summed E-state index contributed by atoms with van der Waals surface area (Å²) in [6.45, 7) is 4.56. The number of rotatable bonds is 5. The lowest BCUT2D eigenvalue weighted by Crippen LogP contribution is -2.50. The molecule has 0 spiro atoms. The van der Waals surface area contributed by atoms with E-state index in [0.29, 0.717) is 0 Å². The predicted octanol–water partition coefficient (Wildman–Crippen LogP) is 6.03. The Hall–Kier alpha value is -2.38. The molecule has 0 saturated carbocycles. The molecular weight excluding hydrogens is 326 g/mol. The van der Waals surface area contributed by atoms with E-state index in [0.717, 1.165) is 19.5 Å². The standard InChI is InChI=1S/C26H29N/c1-2-22-14-10-11-19-25(22)26(23-15-6-3-7-16-23,24-17-8-4-9-18-24)27-20-12-5-13-21-27/h3-4,6-11,14-19H,2,5,12-13,20-21H2,1H3. The summed E-state index contributed by atoms with van der Waals surface area (Å²) < 4.78 is 0. The van der Waals surface area contributed by atoms with Crippen LogP contribution in [0.3, 0.4) is 0 Å². The second-order valence-electron chi connectivity index (χ2n) is 7.50. The van der Waals surface area contributed by atoms with E-state index < -0.39 is 0 Å². The molecule has 4 rings (SSSR count). The molecule has 1 nitrogen and oxygen atoms in total. The van der Waals surface area contributed by atoms with Crippen LogP contribution in [-0.4, -0.2) is 18.0 Å². The van der Waals surface area contributed by atoms with E-state index in [4.69, 9.17) is 0 Å². The highest BCUT2D eigenvalue weighted by atomic mass is 15.2. The van der Waals surface area contributed by atoms with E-state index in [9.17, 15) is 0 Å². The van der Waals surface area contributed by atoms with Crippen molar-refractivity contribution >= 4 is 0 Å². The van der Waals surface area contributed by atoms with Gasteiger partial charge in [-0.05, 0) is 54.6 Å². The Morgan fingerprint density at radius 3 is 1.74 bits per heavy atom. The van der Waals surface area contributed by atoms with Gasteiger partial charge in [0.25, 0.3) is 0 Å². The molecule has 1 heteroatoms. The van der Waals surface area contributed by atoms with Crippen LogP contribution in [0, 0.1) is 0 Å². The molecule has 1 aliphatic rings. The fourth-order valence-corrected chi connectivity index (χ4v) is 4.78. The van der Waals surface area contributed by atoms with Gasteiger partial charge in [-0.25, -0.2) is 0 Å². The largest absolute Gasteiger partial charge is 0.286 e. The molecule has 138 valence electrons. The molecule has 0 radical (unpaired) electrons. The molecule has 0 aromatic heterocycles. The van der Waals surface area contributed by atoms with Crippen LogP contribution in [0.25, 0.3) is 0 Å². The molecule has 3 aromatic carbocycles. The van der Waals surface area contributed by atoms with Crippen molar-refractivity contribution in [3.8, 4) is 0 Å². The topological polar surface area (TPSA) is 3.24 Å². The van der Waals surface area contributed by atoms with E-state index in [1.165, 1.54) is 41.5 Å². The predicted molar refractivity (Wildman–Crippen MR) is 114 cm³/mol. The third-order valence-corrected chi connectivity index (χ3v) is 6.00. The van der Waals surface area contributed by atoms with Gasteiger partial charge < -0.3 is 0 Å². The number of likely N-dealkylation sites (tertiary alicyclic amines) is 1. The summed E-state index contributed by atoms with van der Waals surface area (Å²) in [4.78, 5) is 2.73. The average molecular weight is 356 g/mol. The van der Waals surface area contributed by atoms with Crippen LogP contribution in [0.5, 0.6) is 0 Å². The third-order valence-electron chi connectivity index (χ3n) is 6.00. The fourth-order valence-electron chi connectivity index (χ4n) is 4.78. The first-order valence-corrected chi connectivity index (χ1v) is 10.3. The minimum absolute atomic E-state index is 0.227. The van der Waals surface area contributed by atoms with Gasteiger partial charge >= 0.3 is 0 Å². The molecule has 27 heavy (non-hydrogen) atoms. The molecule has 0 N–H and O–H groups in total. The minimum Gasteiger partial charge on any atom is -0.286 e. The first-order chi connectivity index (χ1) is 13.4. The van der Waals surface area contributed by atoms with Crippen LogP contribution in [-0.2, 0) is 12.0 Å². The highest BCUT2D eigenvalue weighted by molar-refractivity contribution is 5.52. The van der Waals surface area contributed by atoms with Crippen LogP contribution in [0.4, 0.5) is 0 Å². The van der Waals surface area contributed by atoms with Gasteiger partial charge in [0.2, 0.25) is 0 Å². The molecule has 0 aliphatic carbocycles. The Morgan fingerprint density at radius 1 is 0.667 bits per heavy atom. The van der Waals surface area contributed by atoms with Gasteiger partial charge in [0.05, 0.1) is 5.54 Å². The SMILES string of the molecule is CCc1ccccc1C(c1ccccc1)(c1ccccc1)N1CCCCC1. The zero-order valence-corrected chi connectivity index (χ0v) is 16.3. The van der Waals surface area contributed by atoms with Crippen LogP contribution >= 0.6 is 0 Å². The number of aryl methyl sites for hydroxylation is 1. The highest BCUT2D eigenvalue weighted by Gasteiger charge is 2.43. The quantitative estimate of drug-likeness (QED) is 0.505.